The monoisotopic (exact) mass is 275 g/mol. The van der Waals surface area contributed by atoms with Crippen molar-refractivity contribution in [2.24, 2.45) is 0 Å². The van der Waals surface area contributed by atoms with Crippen molar-refractivity contribution in [3.8, 4) is 0 Å². The quantitative estimate of drug-likeness (QED) is 0.852. The highest BCUT2D eigenvalue weighted by Crippen LogP contribution is 2.13. The lowest BCUT2D eigenvalue weighted by Crippen LogP contribution is -2.13. The van der Waals surface area contributed by atoms with Crippen molar-refractivity contribution in [2.75, 3.05) is 7.11 Å². The zero-order valence-corrected chi connectivity index (χ0v) is 11.9. The number of esters is 1. The lowest BCUT2D eigenvalue weighted by molar-refractivity contribution is 0.0600. The van der Waals surface area contributed by atoms with Crippen LogP contribution in [0.1, 0.15) is 27.0 Å². The van der Waals surface area contributed by atoms with Crippen molar-refractivity contribution in [2.45, 2.75) is 20.0 Å². The summed E-state index contributed by atoms with van der Waals surface area (Å²) in [5.41, 5.74) is 4.41. The molecule has 2 aromatic rings. The van der Waals surface area contributed by atoms with Gasteiger partial charge in [-0.15, -0.1) is 0 Å². The number of rotatable bonds is 5. The van der Waals surface area contributed by atoms with E-state index in [4.69, 9.17) is 0 Å². The molecule has 0 aliphatic heterocycles. The Balaban J connectivity index is 1.86. The third-order valence-corrected chi connectivity index (χ3v) is 3.89. The Morgan fingerprint density at radius 3 is 2.53 bits per heavy atom. The first-order chi connectivity index (χ1) is 9.20. The Labute approximate surface area is 117 Å². The smallest absolute Gasteiger partial charge is 0.337 e. The van der Waals surface area contributed by atoms with Crippen LogP contribution in [-0.2, 0) is 17.8 Å². The summed E-state index contributed by atoms with van der Waals surface area (Å²) in [6.45, 7) is 3.78. The van der Waals surface area contributed by atoms with Gasteiger partial charge in [-0.2, -0.15) is 11.3 Å². The van der Waals surface area contributed by atoms with Crippen LogP contribution in [0.25, 0.3) is 0 Å². The van der Waals surface area contributed by atoms with E-state index in [0.29, 0.717) is 5.56 Å². The van der Waals surface area contributed by atoms with Crippen molar-refractivity contribution in [1.29, 1.82) is 0 Å². The van der Waals surface area contributed by atoms with Crippen molar-refractivity contribution in [1.82, 2.24) is 5.32 Å². The van der Waals surface area contributed by atoms with Crippen LogP contribution in [0.2, 0.25) is 0 Å². The van der Waals surface area contributed by atoms with Gasteiger partial charge in [-0.05, 0) is 46.5 Å². The fourth-order valence-electron chi connectivity index (χ4n) is 1.79. The SMILES string of the molecule is COC(=O)c1ccc(CNCc2cscc2C)cc1. The summed E-state index contributed by atoms with van der Waals surface area (Å²) < 4.78 is 4.67. The molecule has 0 saturated carbocycles. The molecule has 0 bridgehead atoms. The normalized spacial score (nSPS) is 10.4. The summed E-state index contributed by atoms with van der Waals surface area (Å²) in [5, 5.41) is 7.72. The Kier molecular flexibility index (Phi) is 4.71. The van der Waals surface area contributed by atoms with Crippen LogP contribution in [0.15, 0.2) is 35.0 Å². The molecule has 0 fully saturated rings. The van der Waals surface area contributed by atoms with Crippen molar-refractivity contribution < 1.29 is 9.53 Å². The van der Waals surface area contributed by atoms with E-state index in [-0.39, 0.29) is 5.97 Å². The van der Waals surface area contributed by atoms with Crippen LogP contribution in [-0.4, -0.2) is 13.1 Å². The molecule has 0 radical (unpaired) electrons. The first kappa shape index (κ1) is 13.8. The lowest BCUT2D eigenvalue weighted by atomic mass is 10.1. The van der Waals surface area contributed by atoms with Gasteiger partial charge in [0.2, 0.25) is 0 Å². The van der Waals surface area contributed by atoms with Crippen LogP contribution >= 0.6 is 11.3 Å². The van der Waals surface area contributed by atoms with Gasteiger partial charge in [0.1, 0.15) is 0 Å². The summed E-state index contributed by atoms with van der Waals surface area (Å²) in [5.74, 6) is -0.298. The minimum Gasteiger partial charge on any atom is -0.465 e. The van der Waals surface area contributed by atoms with Gasteiger partial charge in [-0.25, -0.2) is 4.79 Å². The van der Waals surface area contributed by atoms with Gasteiger partial charge in [0.05, 0.1) is 12.7 Å². The fraction of sp³-hybridized carbons (Fsp3) is 0.267. The van der Waals surface area contributed by atoms with E-state index in [1.54, 1.807) is 23.5 Å². The van der Waals surface area contributed by atoms with Crippen molar-refractivity contribution in [3.63, 3.8) is 0 Å². The van der Waals surface area contributed by atoms with Gasteiger partial charge >= 0.3 is 5.97 Å². The Morgan fingerprint density at radius 2 is 1.95 bits per heavy atom. The highest BCUT2D eigenvalue weighted by Gasteiger charge is 2.04. The number of hydrogen-bond donors (Lipinski definition) is 1. The van der Waals surface area contributed by atoms with E-state index in [2.05, 4.69) is 27.7 Å². The number of carbonyl (C=O) groups is 1. The molecular weight excluding hydrogens is 258 g/mol. The summed E-state index contributed by atoms with van der Waals surface area (Å²) in [6.07, 6.45) is 0. The lowest BCUT2D eigenvalue weighted by Gasteiger charge is -2.05. The molecule has 19 heavy (non-hydrogen) atoms. The molecular formula is C15H17NO2S. The number of carbonyl (C=O) groups excluding carboxylic acids is 1. The van der Waals surface area contributed by atoms with Gasteiger partial charge in [-0.1, -0.05) is 12.1 Å². The summed E-state index contributed by atoms with van der Waals surface area (Å²) in [4.78, 5) is 11.3. The number of nitrogens with one attached hydrogen (secondary N) is 1. The number of thiophene rings is 1. The van der Waals surface area contributed by atoms with Crippen LogP contribution in [0.5, 0.6) is 0 Å². The number of benzene rings is 1. The number of hydrogen-bond acceptors (Lipinski definition) is 4. The highest BCUT2D eigenvalue weighted by atomic mass is 32.1. The topological polar surface area (TPSA) is 38.3 Å². The summed E-state index contributed by atoms with van der Waals surface area (Å²) in [7, 11) is 1.39. The maximum absolute atomic E-state index is 11.3. The Hall–Kier alpha value is -1.65. The van der Waals surface area contributed by atoms with E-state index in [1.807, 2.05) is 12.1 Å². The Morgan fingerprint density at radius 1 is 1.21 bits per heavy atom. The minimum atomic E-state index is -0.298. The van der Waals surface area contributed by atoms with Crippen LogP contribution in [0, 0.1) is 6.92 Å². The number of ether oxygens (including phenoxy) is 1. The maximum Gasteiger partial charge on any atom is 0.337 e. The van der Waals surface area contributed by atoms with Crippen LogP contribution in [0.4, 0.5) is 0 Å². The molecule has 0 unspecified atom stereocenters. The highest BCUT2D eigenvalue weighted by molar-refractivity contribution is 7.08. The first-order valence-corrected chi connectivity index (χ1v) is 7.04. The maximum atomic E-state index is 11.3. The van der Waals surface area contributed by atoms with Gasteiger partial charge in [0, 0.05) is 13.1 Å². The fourth-order valence-corrected chi connectivity index (χ4v) is 2.64. The van der Waals surface area contributed by atoms with Gasteiger partial charge in [0.25, 0.3) is 0 Å². The molecule has 0 atom stereocenters. The van der Waals surface area contributed by atoms with Gasteiger partial charge < -0.3 is 10.1 Å². The molecule has 0 aliphatic rings. The van der Waals surface area contributed by atoms with E-state index >= 15 is 0 Å². The summed E-state index contributed by atoms with van der Waals surface area (Å²) in [6, 6.07) is 7.47. The second-order valence-electron chi connectivity index (χ2n) is 4.37. The zero-order chi connectivity index (χ0) is 13.7. The first-order valence-electron chi connectivity index (χ1n) is 6.10. The molecule has 100 valence electrons. The molecule has 0 spiro atoms. The molecule has 4 heteroatoms. The van der Waals surface area contributed by atoms with Crippen molar-refractivity contribution >= 4 is 17.3 Å². The average molecular weight is 275 g/mol. The van der Waals surface area contributed by atoms with Gasteiger partial charge in [-0.3, -0.25) is 0 Å². The largest absolute Gasteiger partial charge is 0.465 e. The van der Waals surface area contributed by atoms with Gasteiger partial charge in [0.15, 0.2) is 0 Å². The second-order valence-corrected chi connectivity index (χ2v) is 5.12. The molecule has 0 aliphatic carbocycles. The molecule has 1 N–H and O–H groups in total. The predicted octanol–water partition coefficient (Wildman–Crippen LogP) is 3.13. The van der Waals surface area contributed by atoms with E-state index < -0.39 is 0 Å². The van der Waals surface area contributed by atoms with Crippen LogP contribution < -0.4 is 5.32 Å². The molecule has 1 aromatic carbocycles. The van der Waals surface area contributed by atoms with E-state index in [1.165, 1.54) is 18.2 Å². The molecule has 1 aromatic heterocycles. The predicted molar refractivity (Wildman–Crippen MR) is 77.4 cm³/mol. The average Bonchev–Trinajstić information content (AvgIpc) is 2.84. The Bertz CT molecular complexity index is 546. The number of aryl methyl sites for hydroxylation is 1. The van der Waals surface area contributed by atoms with Crippen molar-refractivity contribution in [3.05, 3.63) is 57.3 Å². The van der Waals surface area contributed by atoms with E-state index in [9.17, 15) is 4.79 Å². The second kappa shape index (κ2) is 6.50. The van der Waals surface area contributed by atoms with E-state index in [0.717, 1.165) is 18.7 Å². The summed E-state index contributed by atoms with van der Waals surface area (Å²) >= 11 is 1.73. The molecule has 3 nitrogen and oxygen atoms in total. The molecule has 0 saturated heterocycles. The minimum absolute atomic E-state index is 0.298. The molecule has 1 heterocycles. The third-order valence-electron chi connectivity index (χ3n) is 2.98. The van der Waals surface area contributed by atoms with Crippen LogP contribution in [0.3, 0.4) is 0 Å². The number of methoxy groups -OCH3 is 1. The molecule has 2 rings (SSSR count). The standard InChI is InChI=1S/C15H17NO2S/c1-11-9-19-10-14(11)8-16-7-12-3-5-13(6-4-12)15(17)18-2/h3-6,9-10,16H,7-8H2,1-2H3. The molecule has 0 amide bonds. The third kappa shape index (κ3) is 3.66. The zero-order valence-electron chi connectivity index (χ0n) is 11.1.